The number of nitrogens with one attached hydrogen (secondary N) is 2. The largest absolute Gasteiger partial charge is 0.366 e. The lowest BCUT2D eigenvalue weighted by molar-refractivity contribution is 0.0948. The van der Waals surface area contributed by atoms with E-state index in [9.17, 15) is 18.4 Å². The molecule has 0 unspecified atom stereocenters. The molecular formula is C27H27F2N7O2. The van der Waals surface area contributed by atoms with Crippen molar-refractivity contribution in [1.82, 2.24) is 29.7 Å². The predicted molar refractivity (Wildman–Crippen MR) is 139 cm³/mol. The van der Waals surface area contributed by atoms with Gasteiger partial charge < -0.3 is 15.5 Å². The van der Waals surface area contributed by atoms with Crippen molar-refractivity contribution < 1.29 is 13.6 Å². The van der Waals surface area contributed by atoms with E-state index in [-0.39, 0.29) is 18.7 Å². The molecule has 4 aromatic rings. The Bertz CT molecular complexity index is 1530. The molecule has 1 fully saturated rings. The fraction of sp³-hybridized carbons (Fsp3) is 0.296. The number of carbonyl (C=O) groups is 1. The van der Waals surface area contributed by atoms with Crippen LogP contribution in [0.2, 0.25) is 0 Å². The maximum atomic E-state index is 13.5. The van der Waals surface area contributed by atoms with Crippen molar-refractivity contribution >= 4 is 22.8 Å². The van der Waals surface area contributed by atoms with Crippen LogP contribution in [0.1, 0.15) is 34.3 Å². The lowest BCUT2D eigenvalue weighted by atomic mass is 10.1. The van der Waals surface area contributed by atoms with Crippen LogP contribution in [-0.2, 0) is 13.1 Å². The van der Waals surface area contributed by atoms with Crippen molar-refractivity contribution in [3.63, 3.8) is 0 Å². The Morgan fingerprint density at radius 1 is 1.03 bits per heavy atom. The van der Waals surface area contributed by atoms with E-state index in [1.54, 1.807) is 6.20 Å². The summed E-state index contributed by atoms with van der Waals surface area (Å²) in [5.74, 6) is -1.87. The molecule has 2 aromatic heterocycles. The fourth-order valence-corrected chi connectivity index (χ4v) is 4.43. The Hall–Kier alpha value is -4.25. The molecule has 2 aromatic carbocycles. The number of amides is 1. The van der Waals surface area contributed by atoms with Gasteiger partial charge in [0.2, 0.25) is 0 Å². The Morgan fingerprint density at radius 3 is 2.61 bits per heavy atom. The van der Waals surface area contributed by atoms with Crippen LogP contribution >= 0.6 is 0 Å². The molecule has 0 radical (unpaired) electrons. The average Bonchev–Trinajstić information content (AvgIpc) is 2.91. The molecule has 11 heteroatoms. The van der Waals surface area contributed by atoms with E-state index < -0.39 is 23.1 Å². The van der Waals surface area contributed by atoms with E-state index in [4.69, 9.17) is 4.98 Å². The van der Waals surface area contributed by atoms with Gasteiger partial charge in [-0.15, -0.1) is 0 Å². The van der Waals surface area contributed by atoms with Crippen LogP contribution in [-0.4, -0.2) is 56.5 Å². The molecule has 2 N–H and O–H groups in total. The lowest BCUT2D eigenvalue weighted by Gasteiger charge is -2.29. The van der Waals surface area contributed by atoms with Crippen LogP contribution in [0.15, 0.2) is 59.9 Å². The zero-order chi connectivity index (χ0) is 26.6. The van der Waals surface area contributed by atoms with Gasteiger partial charge in [-0.2, -0.15) is 0 Å². The van der Waals surface area contributed by atoms with Gasteiger partial charge in [-0.25, -0.2) is 18.7 Å². The molecule has 1 aliphatic heterocycles. The van der Waals surface area contributed by atoms with Crippen molar-refractivity contribution in [2.75, 3.05) is 25.5 Å². The highest BCUT2D eigenvalue weighted by Gasteiger charge is 2.17. The van der Waals surface area contributed by atoms with Crippen LogP contribution in [0.4, 0.5) is 14.6 Å². The predicted octanol–water partition coefficient (Wildman–Crippen LogP) is 2.95. The summed E-state index contributed by atoms with van der Waals surface area (Å²) in [6.07, 6.45) is 6.25. The molecule has 5 rings (SSSR count). The SMILES string of the molecule is CN1CCC(Nc2cnc3ccc(CNC(=O)c4cncn(Cc5ccc(F)c(F)c5)c4=O)cc3n2)CC1. The molecule has 3 heterocycles. The number of nitrogens with zero attached hydrogens (tertiary/aromatic N) is 5. The molecule has 1 amide bonds. The van der Waals surface area contributed by atoms with E-state index >= 15 is 0 Å². The summed E-state index contributed by atoms with van der Waals surface area (Å²) in [5.41, 5.74) is 1.86. The first-order valence-electron chi connectivity index (χ1n) is 12.3. The molecular weight excluding hydrogens is 492 g/mol. The van der Waals surface area contributed by atoms with E-state index in [1.807, 2.05) is 18.2 Å². The minimum absolute atomic E-state index is 0.0541. The van der Waals surface area contributed by atoms with Gasteiger partial charge in [0.1, 0.15) is 11.4 Å². The second-order valence-electron chi connectivity index (χ2n) is 9.47. The Morgan fingerprint density at radius 2 is 1.82 bits per heavy atom. The second kappa shape index (κ2) is 11.0. The van der Waals surface area contributed by atoms with E-state index in [0.29, 0.717) is 22.9 Å². The van der Waals surface area contributed by atoms with Crippen LogP contribution in [0.5, 0.6) is 0 Å². The summed E-state index contributed by atoms with van der Waals surface area (Å²) in [7, 11) is 2.12. The van der Waals surface area contributed by atoms with Crippen molar-refractivity contribution in [2.24, 2.45) is 0 Å². The Balaban J connectivity index is 1.25. The molecule has 0 saturated carbocycles. The first-order chi connectivity index (χ1) is 18.4. The summed E-state index contributed by atoms with van der Waals surface area (Å²) in [4.78, 5) is 41.1. The first kappa shape index (κ1) is 25.4. The quantitative estimate of drug-likeness (QED) is 0.387. The number of rotatable bonds is 7. The number of aromatic nitrogens is 4. The third-order valence-electron chi connectivity index (χ3n) is 6.61. The number of carbonyl (C=O) groups excluding carboxylic acids is 1. The van der Waals surface area contributed by atoms with E-state index in [1.165, 1.54) is 23.2 Å². The van der Waals surface area contributed by atoms with Gasteiger partial charge in [0.25, 0.3) is 11.5 Å². The zero-order valence-electron chi connectivity index (χ0n) is 20.8. The third kappa shape index (κ3) is 5.83. The van der Waals surface area contributed by atoms with Gasteiger partial charge in [0, 0.05) is 18.8 Å². The summed E-state index contributed by atoms with van der Waals surface area (Å²) >= 11 is 0. The highest BCUT2D eigenvalue weighted by atomic mass is 19.2. The first-order valence-corrected chi connectivity index (χ1v) is 12.3. The summed E-state index contributed by atoms with van der Waals surface area (Å²) in [6.45, 7) is 2.19. The summed E-state index contributed by atoms with van der Waals surface area (Å²) < 4.78 is 27.9. The standard InChI is InChI=1S/C27H27F2N7O2/c1-35-8-6-19(7-9-35)33-25-14-31-23-5-3-17(11-24(23)34-25)12-32-26(37)20-13-30-16-36(27(20)38)15-18-2-4-21(28)22(29)10-18/h2-5,10-11,13-14,16,19H,6-9,12,15H2,1H3,(H,32,37)(H,33,34). The zero-order valence-corrected chi connectivity index (χ0v) is 20.8. The molecule has 0 atom stereocenters. The number of hydrogen-bond donors (Lipinski definition) is 2. The normalized spacial score (nSPS) is 14.5. The number of hydrogen-bond acceptors (Lipinski definition) is 7. The van der Waals surface area contributed by atoms with Gasteiger partial charge in [-0.3, -0.25) is 19.1 Å². The van der Waals surface area contributed by atoms with Crippen LogP contribution < -0.4 is 16.2 Å². The smallest absolute Gasteiger partial charge is 0.266 e. The van der Waals surface area contributed by atoms with Gasteiger partial charge >= 0.3 is 0 Å². The molecule has 38 heavy (non-hydrogen) atoms. The lowest BCUT2D eigenvalue weighted by Crippen LogP contribution is -2.36. The third-order valence-corrected chi connectivity index (χ3v) is 6.61. The topological polar surface area (TPSA) is 105 Å². The molecule has 9 nitrogen and oxygen atoms in total. The molecule has 0 spiro atoms. The van der Waals surface area contributed by atoms with Crippen molar-refractivity contribution in [3.05, 3.63) is 93.8 Å². The fourth-order valence-electron chi connectivity index (χ4n) is 4.43. The molecule has 1 aliphatic rings. The summed E-state index contributed by atoms with van der Waals surface area (Å²) in [5, 5.41) is 6.21. The minimum Gasteiger partial charge on any atom is -0.366 e. The van der Waals surface area contributed by atoms with Gasteiger partial charge in [-0.1, -0.05) is 12.1 Å². The molecule has 196 valence electrons. The average molecular weight is 520 g/mol. The van der Waals surface area contributed by atoms with Crippen LogP contribution in [0, 0.1) is 11.6 Å². The van der Waals surface area contributed by atoms with Gasteiger partial charge in [0.15, 0.2) is 11.6 Å². The minimum atomic E-state index is -1.01. The van der Waals surface area contributed by atoms with Gasteiger partial charge in [0.05, 0.1) is 30.1 Å². The molecule has 0 bridgehead atoms. The number of fused-ring (bicyclic) bond motifs is 1. The summed E-state index contributed by atoms with van der Waals surface area (Å²) in [6, 6.07) is 9.24. The number of benzene rings is 2. The highest BCUT2D eigenvalue weighted by Crippen LogP contribution is 2.18. The highest BCUT2D eigenvalue weighted by molar-refractivity contribution is 5.93. The van der Waals surface area contributed by atoms with E-state index in [2.05, 4.69) is 32.5 Å². The number of anilines is 1. The Labute approximate surface area is 217 Å². The maximum Gasteiger partial charge on any atom is 0.266 e. The monoisotopic (exact) mass is 519 g/mol. The van der Waals surface area contributed by atoms with Crippen molar-refractivity contribution in [3.8, 4) is 0 Å². The molecule has 1 saturated heterocycles. The second-order valence-corrected chi connectivity index (χ2v) is 9.47. The van der Waals surface area contributed by atoms with Crippen molar-refractivity contribution in [2.45, 2.75) is 32.0 Å². The van der Waals surface area contributed by atoms with Crippen LogP contribution in [0.25, 0.3) is 11.0 Å². The number of piperidine rings is 1. The maximum absolute atomic E-state index is 13.5. The molecule has 0 aliphatic carbocycles. The number of likely N-dealkylation sites (tertiary alicyclic amines) is 1. The Kier molecular flexibility index (Phi) is 7.36. The van der Waals surface area contributed by atoms with Gasteiger partial charge in [-0.05, 0) is 68.4 Å². The van der Waals surface area contributed by atoms with Crippen LogP contribution in [0.3, 0.4) is 0 Å². The number of halogens is 2. The van der Waals surface area contributed by atoms with E-state index in [0.717, 1.165) is 49.1 Å². The van der Waals surface area contributed by atoms with Crippen molar-refractivity contribution in [1.29, 1.82) is 0 Å².